The van der Waals surface area contributed by atoms with Crippen LogP contribution in [0.15, 0.2) is 72.8 Å². The topological polar surface area (TPSA) is 109 Å². The van der Waals surface area contributed by atoms with E-state index in [4.69, 9.17) is 4.74 Å². The maximum Gasteiger partial charge on any atom is 0.322 e. The Balaban J connectivity index is 1.55. The van der Waals surface area contributed by atoms with Gasteiger partial charge in [-0.05, 0) is 61.0 Å². The Kier molecular flexibility index (Phi) is 5.51. The van der Waals surface area contributed by atoms with Gasteiger partial charge in [0.1, 0.15) is 11.3 Å². The monoisotopic (exact) mass is 430 g/mol. The lowest BCUT2D eigenvalue weighted by atomic mass is 9.92. The van der Waals surface area contributed by atoms with Gasteiger partial charge in [0.15, 0.2) is 0 Å². The minimum absolute atomic E-state index is 0.316. The molecule has 4 amide bonds. The van der Waals surface area contributed by atoms with Crippen LogP contribution in [0.1, 0.15) is 22.8 Å². The van der Waals surface area contributed by atoms with Crippen LogP contribution >= 0.6 is 0 Å². The fraction of sp³-hybridized carbons (Fsp3) is 0.125. The van der Waals surface area contributed by atoms with Gasteiger partial charge in [0.05, 0.1) is 18.4 Å². The number of amides is 4. The summed E-state index contributed by atoms with van der Waals surface area (Å²) in [5.74, 6) is -0.0221. The van der Waals surface area contributed by atoms with E-state index in [2.05, 4.69) is 21.3 Å². The highest BCUT2D eigenvalue weighted by atomic mass is 16.5. The Morgan fingerprint density at radius 2 is 1.69 bits per heavy atom. The average Bonchev–Trinajstić information content (AvgIpc) is 3.07. The molecule has 1 aliphatic heterocycles. The van der Waals surface area contributed by atoms with E-state index in [1.165, 1.54) is 0 Å². The van der Waals surface area contributed by atoms with Crippen molar-refractivity contribution in [1.82, 2.24) is 10.6 Å². The van der Waals surface area contributed by atoms with Crippen molar-refractivity contribution in [3.8, 4) is 5.75 Å². The summed E-state index contributed by atoms with van der Waals surface area (Å²) in [6.45, 7) is 1.61. The van der Waals surface area contributed by atoms with Crippen molar-refractivity contribution >= 4 is 34.9 Å². The number of anilines is 3. The minimum atomic E-state index is -1.20. The van der Waals surface area contributed by atoms with Crippen LogP contribution in [0.25, 0.3) is 0 Å². The van der Waals surface area contributed by atoms with E-state index in [1.54, 1.807) is 50.4 Å². The first-order valence-corrected chi connectivity index (χ1v) is 9.94. The van der Waals surface area contributed by atoms with Crippen LogP contribution in [0.4, 0.5) is 21.9 Å². The average molecular weight is 430 g/mol. The molecular weight excluding hydrogens is 408 g/mol. The molecule has 4 rings (SSSR count). The van der Waals surface area contributed by atoms with Crippen molar-refractivity contribution in [2.75, 3.05) is 17.7 Å². The van der Waals surface area contributed by atoms with Crippen molar-refractivity contribution in [2.45, 2.75) is 12.5 Å². The summed E-state index contributed by atoms with van der Waals surface area (Å²) in [5.41, 5.74) is 1.76. The summed E-state index contributed by atoms with van der Waals surface area (Å²) >= 11 is 0. The summed E-state index contributed by atoms with van der Waals surface area (Å²) in [6.07, 6.45) is 0. The van der Waals surface area contributed by atoms with Crippen molar-refractivity contribution in [2.24, 2.45) is 0 Å². The van der Waals surface area contributed by atoms with Crippen molar-refractivity contribution in [3.63, 3.8) is 0 Å². The Labute approximate surface area is 185 Å². The van der Waals surface area contributed by atoms with Gasteiger partial charge in [-0.3, -0.25) is 14.9 Å². The number of hydrogen-bond acceptors (Lipinski definition) is 5. The molecule has 1 atom stereocenters. The number of rotatable bonds is 6. The maximum atomic E-state index is 13.0. The molecule has 8 heteroatoms. The predicted molar refractivity (Wildman–Crippen MR) is 121 cm³/mol. The van der Waals surface area contributed by atoms with Crippen LogP contribution in [0.3, 0.4) is 0 Å². The van der Waals surface area contributed by atoms with E-state index >= 15 is 0 Å². The molecule has 3 aromatic rings. The zero-order valence-electron chi connectivity index (χ0n) is 17.6. The number of benzene rings is 3. The first-order chi connectivity index (χ1) is 15.4. The molecule has 8 nitrogen and oxygen atoms in total. The smallest absolute Gasteiger partial charge is 0.322 e. The second kappa shape index (κ2) is 8.43. The SMILES string of the molecule is COc1ccc(Nc2ccccc2C(=O)Nc2cccc(C3(C)NC(=O)NC3=O)c2)cc1. The number of carbonyl (C=O) groups excluding carboxylic acids is 3. The molecule has 1 fully saturated rings. The molecule has 162 valence electrons. The van der Waals surface area contributed by atoms with E-state index in [0.717, 1.165) is 11.4 Å². The highest BCUT2D eigenvalue weighted by molar-refractivity contribution is 6.09. The normalized spacial score (nSPS) is 17.3. The van der Waals surface area contributed by atoms with Crippen LogP contribution in [0.5, 0.6) is 5.75 Å². The van der Waals surface area contributed by atoms with Crippen LogP contribution in [-0.2, 0) is 10.3 Å². The number of methoxy groups -OCH3 is 1. The number of ether oxygens (including phenoxy) is 1. The van der Waals surface area contributed by atoms with Gasteiger partial charge in [-0.25, -0.2) is 4.79 Å². The van der Waals surface area contributed by atoms with Gasteiger partial charge in [0.25, 0.3) is 11.8 Å². The standard InChI is InChI=1S/C24H22N4O4/c1-24(22(30)27-23(31)28-24)15-6-5-7-17(14-15)26-21(29)19-8-3-4-9-20(19)25-16-10-12-18(32-2)13-11-16/h3-14,25H,1-2H3,(H,26,29)(H2,27,28,30,31). The number of imide groups is 1. The largest absolute Gasteiger partial charge is 0.497 e. The van der Waals surface area contributed by atoms with Gasteiger partial charge in [0, 0.05) is 11.4 Å². The third-order valence-electron chi connectivity index (χ3n) is 5.28. The van der Waals surface area contributed by atoms with E-state index in [0.29, 0.717) is 22.5 Å². The zero-order valence-corrected chi connectivity index (χ0v) is 17.6. The van der Waals surface area contributed by atoms with Crippen LogP contribution < -0.4 is 26.0 Å². The van der Waals surface area contributed by atoms with Crippen LogP contribution in [-0.4, -0.2) is 25.0 Å². The molecule has 32 heavy (non-hydrogen) atoms. The van der Waals surface area contributed by atoms with Crippen LogP contribution in [0.2, 0.25) is 0 Å². The Bertz CT molecular complexity index is 1190. The summed E-state index contributed by atoms with van der Waals surface area (Å²) in [7, 11) is 1.60. The van der Waals surface area contributed by atoms with E-state index in [9.17, 15) is 14.4 Å². The molecule has 0 bridgehead atoms. The third-order valence-corrected chi connectivity index (χ3v) is 5.28. The lowest BCUT2D eigenvalue weighted by Gasteiger charge is -2.22. The van der Waals surface area contributed by atoms with E-state index < -0.39 is 17.5 Å². The van der Waals surface area contributed by atoms with E-state index in [1.807, 2.05) is 36.4 Å². The van der Waals surface area contributed by atoms with Gasteiger partial charge in [0.2, 0.25) is 0 Å². The molecule has 1 aliphatic rings. The minimum Gasteiger partial charge on any atom is -0.497 e. The van der Waals surface area contributed by atoms with Crippen molar-refractivity contribution < 1.29 is 19.1 Å². The quantitative estimate of drug-likeness (QED) is 0.446. The maximum absolute atomic E-state index is 13.0. The van der Waals surface area contributed by atoms with Gasteiger partial charge in [-0.15, -0.1) is 0 Å². The van der Waals surface area contributed by atoms with Gasteiger partial charge >= 0.3 is 6.03 Å². The number of hydrogen-bond donors (Lipinski definition) is 4. The van der Waals surface area contributed by atoms with E-state index in [-0.39, 0.29) is 5.91 Å². The lowest BCUT2D eigenvalue weighted by molar-refractivity contribution is -0.123. The second-order valence-corrected chi connectivity index (χ2v) is 7.47. The molecule has 3 aromatic carbocycles. The number of urea groups is 1. The van der Waals surface area contributed by atoms with Gasteiger partial charge in [-0.1, -0.05) is 24.3 Å². The predicted octanol–water partition coefficient (Wildman–Crippen LogP) is 3.75. The molecule has 1 heterocycles. The molecule has 0 aliphatic carbocycles. The van der Waals surface area contributed by atoms with Crippen molar-refractivity contribution in [1.29, 1.82) is 0 Å². The zero-order chi connectivity index (χ0) is 22.7. The lowest BCUT2D eigenvalue weighted by Crippen LogP contribution is -2.40. The summed E-state index contributed by atoms with van der Waals surface area (Å²) < 4.78 is 5.17. The number of para-hydroxylation sites is 1. The fourth-order valence-electron chi connectivity index (χ4n) is 3.47. The Hall–Kier alpha value is -4.33. The number of nitrogens with one attached hydrogen (secondary N) is 4. The highest BCUT2D eigenvalue weighted by Gasteiger charge is 2.43. The molecule has 0 spiro atoms. The first-order valence-electron chi connectivity index (χ1n) is 9.94. The second-order valence-electron chi connectivity index (χ2n) is 7.47. The van der Waals surface area contributed by atoms with Crippen molar-refractivity contribution in [3.05, 3.63) is 83.9 Å². The number of carbonyl (C=O) groups is 3. The highest BCUT2D eigenvalue weighted by Crippen LogP contribution is 2.28. The molecule has 0 radical (unpaired) electrons. The molecule has 4 N–H and O–H groups in total. The Morgan fingerprint density at radius 1 is 0.938 bits per heavy atom. The van der Waals surface area contributed by atoms with Gasteiger partial charge < -0.3 is 20.7 Å². The summed E-state index contributed by atoms with van der Waals surface area (Å²) in [6, 6.07) is 20.8. The summed E-state index contributed by atoms with van der Waals surface area (Å²) in [5, 5.41) is 11.0. The molecule has 1 unspecified atom stereocenters. The molecule has 0 saturated carbocycles. The molecular formula is C24H22N4O4. The first kappa shape index (κ1) is 20.9. The molecule has 1 saturated heterocycles. The van der Waals surface area contributed by atoms with Crippen LogP contribution in [0, 0.1) is 0 Å². The molecule has 0 aromatic heterocycles. The Morgan fingerprint density at radius 3 is 2.38 bits per heavy atom. The third kappa shape index (κ3) is 4.11. The fourth-order valence-corrected chi connectivity index (χ4v) is 3.47. The summed E-state index contributed by atoms with van der Waals surface area (Å²) in [4.78, 5) is 36.8. The van der Waals surface area contributed by atoms with Gasteiger partial charge in [-0.2, -0.15) is 0 Å².